The Morgan fingerprint density at radius 1 is 1.32 bits per heavy atom. The lowest BCUT2D eigenvalue weighted by Gasteiger charge is -2.60. The van der Waals surface area contributed by atoms with Crippen molar-refractivity contribution in [2.24, 2.45) is 5.41 Å². The number of aliphatic hydroxyl groups excluding tert-OH is 1. The fourth-order valence-corrected chi connectivity index (χ4v) is 8.71. The first-order valence-electron chi connectivity index (χ1n) is 9.22. The standard InChI is InChI=1S/C18H19N3O3S/c22-9-4-18(24)17-3-8(9)21-2-1-7-6-19-13-11(7)15(21)12(17)14(16(13)23)20-10(5-17)25-18/h6,8-10,15,19-20,22,24H,1-5H2/p+1. The second-order valence-electron chi connectivity index (χ2n) is 8.63. The van der Waals surface area contributed by atoms with Gasteiger partial charge < -0.3 is 25.4 Å². The third-order valence-electron chi connectivity index (χ3n) is 7.80. The van der Waals surface area contributed by atoms with Crippen LogP contribution >= 0.6 is 11.8 Å². The molecule has 0 amide bonds. The van der Waals surface area contributed by atoms with Gasteiger partial charge in [0.2, 0.25) is 5.78 Å². The summed E-state index contributed by atoms with van der Waals surface area (Å²) in [4.78, 5) is 16.9. The highest BCUT2D eigenvalue weighted by Crippen LogP contribution is 2.69. The van der Waals surface area contributed by atoms with Gasteiger partial charge in [0.1, 0.15) is 23.1 Å². The second kappa shape index (κ2) is 3.86. The molecule has 7 heteroatoms. The van der Waals surface area contributed by atoms with Crippen molar-refractivity contribution in [2.45, 2.75) is 54.2 Å². The van der Waals surface area contributed by atoms with E-state index in [1.165, 1.54) is 22.2 Å². The maximum atomic E-state index is 13.2. The van der Waals surface area contributed by atoms with Crippen LogP contribution in [0, 0.1) is 5.41 Å². The number of rotatable bonds is 0. The maximum Gasteiger partial charge on any atom is 0.225 e. The Morgan fingerprint density at radius 2 is 2.20 bits per heavy atom. The summed E-state index contributed by atoms with van der Waals surface area (Å²) in [6, 6.07) is 0.252. The SMILES string of the molecule is O=C1C2=C3C4c5c(c[nH]c51)CC[NH+]4C1CC34CC(N2)SC4(O)CC1O. The molecular formula is C18H20N3O3S+. The third-order valence-corrected chi connectivity index (χ3v) is 9.31. The molecule has 4 aliphatic heterocycles. The van der Waals surface area contributed by atoms with Crippen molar-refractivity contribution < 1.29 is 19.9 Å². The lowest BCUT2D eigenvalue weighted by Crippen LogP contribution is -3.20. The molecule has 0 radical (unpaired) electrons. The zero-order chi connectivity index (χ0) is 16.7. The van der Waals surface area contributed by atoms with Gasteiger partial charge in [-0.1, -0.05) is 0 Å². The molecule has 2 aliphatic carbocycles. The predicted octanol–water partition coefficient (Wildman–Crippen LogP) is -0.775. The number of fused-ring (bicyclic) bond motifs is 3. The minimum Gasteiger partial charge on any atom is -0.387 e. The number of Topliss-reactive ketones (excluding diaryl/α,β-unsaturated/α-hetero) is 1. The Morgan fingerprint density at radius 3 is 3.08 bits per heavy atom. The van der Waals surface area contributed by atoms with Crippen LogP contribution in [-0.4, -0.2) is 50.0 Å². The highest BCUT2D eigenvalue weighted by atomic mass is 32.2. The lowest BCUT2D eigenvalue weighted by atomic mass is 9.54. The number of carbonyl (C=O) groups excluding carboxylic acids is 1. The van der Waals surface area contributed by atoms with Gasteiger partial charge in [-0.25, -0.2) is 0 Å². The molecule has 1 spiro atoms. The van der Waals surface area contributed by atoms with Gasteiger partial charge in [0.25, 0.3) is 0 Å². The summed E-state index contributed by atoms with van der Waals surface area (Å²) in [5, 5.41) is 26.0. The molecule has 1 saturated carbocycles. The number of allylic oxidation sites excluding steroid dienone is 1. The van der Waals surface area contributed by atoms with Crippen molar-refractivity contribution in [1.29, 1.82) is 0 Å². The summed E-state index contributed by atoms with van der Waals surface area (Å²) in [6.45, 7) is 0.979. The largest absolute Gasteiger partial charge is 0.387 e. The van der Waals surface area contributed by atoms with Crippen molar-refractivity contribution >= 4 is 17.5 Å². The van der Waals surface area contributed by atoms with Gasteiger partial charge >= 0.3 is 0 Å². The minimum absolute atomic E-state index is 0.0553. The number of piperidine rings is 1. The van der Waals surface area contributed by atoms with Crippen molar-refractivity contribution in [3.8, 4) is 0 Å². The number of aromatic nitrogens is 1. The quantitative estimate of drug-likeness (QED) is 0.420. The Labute approximate surface area is 148 Å². The van der Waals surface area contributed by atoms with E-state index < -0.39 is 11.0 Å². The predicted molar refractivity (Wildman–Crippen MR) is 90.0 cm³/mol. The molecule has 6 nitrogen and oxygen atoms in total. The fourth-order valence-electron chi connectivity index (χ4n) is 6.93. The van der Waals surface area contributed by atoms with E-state index in [2.05, 4.69) is 10.3 Å². The van der Waals surface area contributed by atoms with Crippen LogP contribution in [0.3, 0.4) is 0 Å². The monoisotopic (exact) mass is 358 g/mol. The van der Waals surface area contributed by atoms with Gasteiger partial charge in [-0.15, -0.1) is 11.8 Å². The van der Waals surface area contributed by atoms with Gasteiger partial charge in [0.05, 0.1) is 23.3 Å². The first-order valence-corrected chi connectivity index (χ1v) is 10.1. The van der Waals surface area contributed by atoms with Crippen molar-refractivity contribution in [3.63, 3.8) is 0 Å². The Balaban J connectivity index is 1.59. The number of nitrogens with one attached hydrogen (secondary N) is 3. The molecule has 2 saturated heterocycles. The fraction of sp³-hybridized carbons (Fsp3) is 0.611. The highest BCUT2D eigenvalue weighted by molar-refractivity contribution is 8.01. The van der Waals surface area contributed by atoms with E-state index in [0.29, 0.717) is 6.42 Å². The average molecular weight is 358 g/mol. The number of quaternary nitrogens is 1. The minimum atomic E-state index is -0.963. The maximum absolute atomic E-state index is 13.2. The van der Waals surface area contributed by atoms with Crippen molar-refractivity contribution in [1.82, 2.24) is 10.3 Å². The molecular weight excluding hydrogens is 338 g/mol. The number of aliphatic hydroxyl groups is 2. The number of ketones is 1. The normalized spacial score (nSPS) is 50.8. The summed E-state index contributed by atoms with van der Waals surface area (Å²) in [5.41, 5.74) is 4.63. The van der Waals surface area contributed by atoms with Crippen LogP contribution < -0.4 is 10.2 Å². The molecule has 1 aromatic rings. The van der Waals surface area contributed by atoms with Crippen LogP contribution in [0.2, 0.25) is 0 Å². The molecule has 25 heavy (non-hydrogen) atoms. The number of hydrogen-bond acceptors (Lipinski definition) is 5. The molecule has 0 aromatic carbocycles. The van der Waals surface area contributed by atoms with E-state index in [-0.39, 0.29) is 28.7 Å². The highest BCUT2D eigenvalue weighted by Gasteiger charge is 2.74. The van der Waals surface area contributed by atoms with Crippen LogP contribution in [0.25, 0.3) is 0 Å². The van der Waals surface area contributed by atoms with Crippen LogP contribution in [0.15, 0.2) is 17.5 Å². The lowest BCUT2D eigenvalue weighted by molar-refractivity contribution is -0.964. The van der Waals surface area contributed by atoms with E-state index in [1.807, 2.05) is 6.20 Å². The zero-order valence-corrected chi connectivity index (χ0v) is 14.4. The van der Waals surface area contributed by atoms with Crippen LogP contribution in [0.5, 0.6) is 0 Å². The van der Waals surface area contributed by atoms with Crippen molar-refractivity contribution in [3.05, 3.63) is 34.3 Å². The van der Waals surface area contributed by atoms with Gasteiger partial charge in [-0.05, 0) is 12.0 Å². The van der Waals surface area contributed by atoms with E-state index in [4.69, 9.17) is 0 Å². The van der Waals surface area contributed by atoms with E-state index in [0.717, 1.165) is 48.3 Å². The van der Waals surface area contributed by atoms with Crippen LogP contribution in [0.1, 0.15) is 46.9 Å². The number of thioether (sulfide) groups is 1. The smallest absolute Gasteiger partial charge is 0.225 e. The second-order valence-corrected chi connectivity index (χ2v) is 10.1. The van der Waals surface area contributed by atoms with Gasteiger partial charge in [-0.2, -0.15) is 0 Å². The molecule has 5 heterocycles. The summed E-state index contributed by atoms with van der Waals surface area (Å²) in [7, 11) is 0. The summed E-state index contributed by atoms with van der Waals surface area (Å²) >= 11 is 1.53. The van der Waals surface area contributed by atoms with E-state index in [1.54, 1.807) is 0 Å². The summed E-state index contributed by atoms with van der Waals surface area (Å²) in [6.07, 6.45) is 4.53. The molecule has 3 fully saturated rings. The summed E-state index contributed by atoms with van der Waals surface area (Å²) in [5.74, 6) is 0.0623. The topological polar surface area (TPSA) is 89.8 Å². The zero-order valence-electron chi connectivity index (χ0n) is 13.6. The molecule has 130 valence electrons. The molecule has 7 atom stereocenters. The van der Waals surface area contributed by atoms with E-state index >= 15 is 0 Å². The van der Waals surface area contributed by atoms with Crippen LogP contribution in [-0.2, 0) is 6.42 Å². The van der Waals surface area contributed by atoms with Crippen LogP contribution in [0.4, 0.5) is 0 Å². The molecule has 7 unspecified atom stereocenters. The number of aromatic amines is 1. The van der Waals surface area contributed by atoms with Gasteiger partial charge in [0, 0.05) is 42.0 Å². The van der Waals surface area contributed by atoms with E-state index in [9.17, 15) is 15.0 Å². The molecule has 3 bridgehead atoms. The summed E-state index contributed by atoms with van der Waals surface area (Å²) < 4.78 is 0. The Hall–Kier alpha value is -1.28. The first kappa shape index (κ1) is 13.9. The number of hydrogen-bond donors (Lipinski definition) is 5. The number of carbonyl (C=O) groups is 1. The third kappa shape index (κ3) is 1.27. The molecule has 6 aliphatic rings. The Kier molecular flexibility index (Phi) is 2.14. The number of H-pyrrole nitrogens is 1. The molecule has 5 N–H and O–H groups in total. The van der Waals surface area contributed by atoms with Crippen molar-refractivity contribution in [2.75, 3.05) is 6.54 Å². The Bertz CT molecular complexity index is 909. The van der Waals surface area contributed by atoms with Gasteiger partial charge in [-0.3, -0.25) is 4.79 Å². The molecule has 7 rings (SSSR count). The first-order chi connectivity index (χ1) is 12.0. The van der Waals surface area contributed by atoms with Gasteiger partial charge in [0.15, 0.2) is 0 Å². The molecule has 1 aromatic heterocycles. The average Bonchev–Trinajstić information content (AvgIpc) is 3.09.